The summed E-state index contributed by atoms with van der Waals surface area (Å²) in [5.41, 5.74) is 5.29. The molecular weight excluding hydrogens is 352 g/mol. The highest BCUT2D eigenvalue weighted by atomic mass is 79.9. The Balaban J connectivity index is 2.13. The summed E-state index contributed by atoms with van der Waals surface area (Å²) in [6.45, 7) is 0. The normalized spacial score (nSPS) is 18.1. The fourth-order valence-corrected chi connectivity index (χ4v) is 2.81. The molecule has 0 spiro atoms. The molecule has 7 heteroatoms. The van der Waals surface area contributed by atoms with Gasteiger partial charge in [-0.2, -0.15) is 0 Å². The topological polar surface area (TPSA) is 80.9 Å². The molecule has 17 heavy (non-hydrogen) atoms. The monoisotopic (exact) mass is 362 g/mol. The van der Waals surface area contributed by atoms with E-state index in [0.29, 0.717) is 15.0 Å². The number of hydrogen-bond donors (Lipinski definition) is 2. The Labute approximate surface area is 116 Å². The van der Waals surface area contributed by atoms with Gasteiger partial charge >= 0.3 is 0 Å². The van der Waals surface area contributed by atoms with E-state index in [-0.39, 0.29) is 5.91 Å². The van der Waals surface area contributed by atoms with E-state index in [9.17, 15) is 4.79 Å². The number of amides is 1. The van der Waals surface area contributed by atoms with Crippen LogP contribution in [0, 0.1) is 0 Å². The lowest BCUT2D eigenvalue weighted by molar-refractivity contribution is -0.121. The average molecular weight is 364 g/mol. The van der Waals surface area contributed by atoms with Gasteiger partial charge in [-0.3, -0.25) is 4.79 Å². The lowest BCUT2D eigenvalue weighted by Gasteiger charge is -2.21. The van der Waals surface area contributed by atoms with Gasteiger partial charge in [-0.25, -0.2) is 9.97 Å². The average Bonchev–Trinajstić information content (AvgIpc) is 2.71. The number of aromatic nitrogens is 2. The zero-order chi connectivity index (χ0) is 12.5. The maximum Gasteiger partial charge on any atom is 0.245 e. The van der Waals surface area contributed by atoms with Crippen LogP contribution in [-0.4, -0.2) is 21.4 Å². The molecule has 0 atom stereocenters. The van der Waals surface area contributed by atoms with Gasteiger partial charge in [0.25, 0.3) is 0 Å². The molecule has 2 rings (SSSR count). The molecule has 1 saturated carbocycles. The van der Waals surface area contributed by atoms with Gasteiger partial charge in [-0.15, -0.1) is 0 Å². The predicted octanol–water partition coefficient (Wildman–Crippen LogP) is 2.21. The van der Waals surface area contributed by atoms with Crippen LogP contribution in [0.5, 0.6) is 0 Å². The number of halogens is 2. The molecule has 5 nitrogen and oxygen atoms in total. The summed E-state index contributed by atoms with van der Waals surface area (Å²) in [7, 11) is 0. The van der Waals surface area contributed by atoms with Crippen LogP contribution in [0.4, 0.5) is 5.82 Å². The molecule has 1 aliphatic carbocycles. The Morgan fingerprint density at radius 3 is 2.65 bits per heavy atom. The number of rotatable bonds is 2. The van der Waals surface area contributed by atoms with Gasteiger partial charge in [0.1, 0.15) is 9.21 Å². The Morgan fingerprint density at radius 1 is 1.41 bits per heavy atom. The lowest BCUT2D eigenvalue weighted by atomic mass is 9.98. The van der Waals surface area contributed by atoms with Crippen LogP contribution >= 0.6 is 31.9 Å². The van der Waals surface area contributed by atoms with Crippen LogP contribution in [0.2, 0.25) is 0 Å². The van der Waals surface area contributed by atoms with E-state index in [1.165, 1.54) is 6.20 Å². The van der Waals surface area contributed by atoms with Crippen molar-refractivity contribution >= 4 is 43.6 Å². The first kappa shape index (κ1) is 12.9. The Hall–Kier alpha value is -0.530. The Morgan fingerprint density at radius 2 is 2.06 bits per heavy atom. The van der Waals surface area contributed by atoms with E-state index >= 15 is 0 Å². The summed E-state index contributed by atoms with van der Waals surface area (Å²) in [6, 6.07) is 0. The largest absolute Gasteiger partial charge is 0.317 e. The van der Waals surface area contributed by atoms with Crippen molar-refractivity contribution < 1.29 is 4.79 Å². The van der Waals surface area contributed by atoms with E-state index < -0.39 is 5.54 Å². The molecule has 1 aliphatic rings. The third-order valence-electron chi connectivity index (χ3n) is 2.88. The van der Waals surface area contributed by atoms with Crippen molar-refractivity contribution in [2.45, 2.75) is 31.2 Å². The molecule has 3 N–H and O–H groups in total. The van der Waals surface area contributed by atoms with E-state index in [1.54, 1.807) is 0 Å². The summed E-state index contributed by atoms with van der Waals surface area (Å²) >= 11 is 6.44. The standard InChI is InChI=1S/C10H12Br2N4O/c11-6-5-14-8(7(12)15-6)16-9(17)10(13)3-1-2-4-10/h5H,1-4,13H2,(H,14,16,17). The first-order valence-corrected chi connectivity index (χ1v) is 6.88. The molecule has 1 fully saturated rings. The summed E-state index contributed by atoms with van der Waals surface area (Å²) in [5.74, 6) is 0.210. The summed E-state index contributed by atoms with van der Waals surface area (Å²) < 4.78 is 1.09. The van der Waals surface area contributed by atoms with Gasteiger partial charge in [0, 0.05) is 0 Å². The molecule has 1 aromatic heterocycles. The van der Waals surface area contributed by atoms with Crippen molar-refractivity contribution in [2.75, 3.05) is 5.32 Å². The third-order valence-corrected chi connectivity index (χ3v) is 3.82. The number of anilines is 1. The molecule has 0 aliphatic heterocycles. The zero-order valence-corrected chi connectivity index (χ0v) is 12.2. The predicted molar refractivity (Wildman–Crippen MR) is 71.4 cm³/mol. The molecule has 0 radical (unpaired) electrons. The summed E-state index contributed by atoms with van der Waals surface area (Å²) in [5, 5.41) is 2.71. The molecule has 0 aromatic carbocycles. The van der Waals surface area contributed by atoms with Crippen molar-refractivity contribution in [3.63, 3.8) is 0 Å². The maximum absolute atomic E-state index is 12.0. The van der Waals surface area contributed by atoms with E-state index in [0.717, 1.165) is 25.7 Å². The number of carbonyl (C=O) groups is 1. The minimum Gasteiger partial charge on any atom is -0.317 e. The highest BCUT2D eigenvalue weighted by molar-refractivity contribution is 9.11. The van der Waals surface area contributed by atoms with Gasteiger partial charge in [-0.1, -0.05) is 12.8 Å². The van der Waals surface area contributed by atoms with E-state index in [2.05, 4.69) is 47.1 Å². The van der Waals surface area contributed by atoms with Crippen LogP contribution in [0.1, 0.15) is 25.7 Å². The molecule has 1 amide bonds. The zero-order valence-electron chi connectivity index (χ0n) is 9.04. The maximum atomic E-state index is 12.0. The van der Waals surface area contributed by atoms with Crippen LogP contribution in [-0.2, 0) is 4.79 Å². The quantitative estimate of drug-likeness (QED) is 0.844. The molecular formula is C10H12Br2N4O. The second kappa shape index (κ2) is 4.99. The van der Waals surface area contributed by atoms with Crippen LogP contribution in [0.25, 0.3) is 0 Å². The van der Waals surface area contributed by atoms with Crippen LogP contribution < -0.4 is 11.1 Å². The molecule has 0 saturated heterocycles. The van der Waals surface area contributed by atoms with E-state index in [1.807, 2.05) is 0 Å². The lowest BCUT2D eigenvalue weighted by Crippen LogP contribution is -2.48. The molecule has 0 bridgehead atoms. The van der Waals surface area contributed by atoms with E-state index in [4.69, 9.17) is 5.73 Å². The number of nitrogens with two attached hydrogens (primary N) is 1. The van der Waals surface area contributed by atoms with Crippen molar-refractivity contribution in [1.82, 2.24) is 9.97 Å². The fourth-order valence-electron chi connectivity index (χ4n) is 1.90. The van der Waals surface area contributed by atoms with Gasteiger partial charge in [0.15, 0.2) is 5.82 Å². The van der Waals surface area contributed by atoms with Gasteiger partial charge < -0.3 is 11.1 Å². The third kappa shape index (κ3) is 2.83. The first-order valence-electron chi connectivity index (χ1n) is 5.30. The molecule has 92 valence electrons. The van der Waals surface area contributed by atoms with Gasteiger partial charge in [0.2, 0.25) is 5.91 Å². The van der Waals surface area contributed by atoms with Crippen molar-refractivity contribution in [1.29, 1.82) is 0 Å². The van der Waals surface area contributed by atoms with Crippen LogP contribution in [0.15, 0.2) is 15.4 Å². The van der Waals surface area contributed by atoms with Crippen molar-refractivity contribution in [3.8, 4) is 0 Å². The fraction of sp³-hybridized carbons (Fsp3) is 0.500. The molecule has 1 aromatic rings. The van der Waals surface area contributed by atoms with Crippen LogP contribution in [0.3, 0.4) is 0 Å². The number of nitrogens with one attached hydrogen (secondary N) is 1. The number of hydrogen-bond acceptors (Lipinski definition) is 4. The smallest absolute Gasteiger partial charge is 0.245 e. The Kier molecular flexibility index (Phi) is 3.79. The summed E-state index contributed by atoms with van der Waals surface area (Å²) in [4.78, 5) is 20.2. The summed E-state index contributed by atoms with van der Waals surface area (Å²) in [6.07, 6.45) is 4.97. The highest BCUT2D eigenvalue weighted by Crippen LogP contribution is 2.29. The Bertz CT molecular complexity index is 446. The molecule has 1 heterocycles. The van der Waals surface area contributed by atoms with Gasteiger partial charge in [0.05, 0.1) is 11.7 Å². The minimum atomic E-state index is -0.756. The van der Waals surface area contributed by atoms with Crippen molar-refractivity contribution in [2.24, 2.45) is 5.73 Å². The highest BCUT2D eigenvalue weighted by Gasteiger charge is 2.37. The SMILES string of the molecule is NC1(C(=O)Nc2ncc(Br)nc2Br)CCCC1. The first-order chi connectivity index (χ1) is 8.01. The molecule has 0 unspecified atom stereocenters. The van der Waals surface area contributed by atoms with Crippen molar-refractivity contribution in [3.05, 3.63) is 15.4 Å². The second-order valence-electron chi connectivity index (χ2n) is 4.15. The second-order valence-corrected chi connectivity index (χ2v) is 5.71. The number of nitrogens with zero attached hydrogens (tertiary/aromatic N) is 2. The number of carbonyl (C=O) groups excluding carboxylic acids is 1. The minimum absolute atomic E-state index is 0.188. The van der Waals surface area contributed by atoms with Gasteiger partial charge in [-0.05, 0) is 44.7 Å².